The maximum absolute atomic E-state index is 12.0. The van der Waals surface area contributed by atoms with Gasteiger partial charge in [0.05, 0.1) is 18.8 Å². The third kappa shape index (κ3) is 2.59. The number of nitrogens with one attached hydrogen (secondary N) is 2. The molecule has 0 radical (unpaired) electrons. The summed E-state index contributed by atoms with van der Waals surface area (Å²) in [7, 11) is 0. The molecule has 1 amide bonds. The van der Waals surface area contributed by atoms with Gasteiger partial charge in [-0.05, 0) is 42.7 Å². The van der Waals surface area contributed by atoms with Crippen molar-refractivity contribution in [1.29, 1.82) is 0 Å². The van der Waals surface area contributed by atoms with Crippen molar-refractivity contribution in [3.05, 3.63) is 47.3 Å². The third-order valence-corrected chi connectivity index (χ3v) is 3.17. The van der Waals surface area contributed by atoms with E-state index >= 15 is 0 Å². The van der Waals surface area contributed by atoms with E-state index in [0.29, 0.717) is 12.1 Å². The van der Waals surface area contributed by atoms with Crippen molar-refractivity contribution < 1.29 is 9.53 Å². The van der Waals surface area contributed by atoms with Gasteiger partial charge in [-0.25, -0.2) is 0 Å². The van der Waals surface area contributed by atoms with E-state index in [1.807, 2.05) is 18.2 Å². The fourth-order valence-electron chi connectivity index (χ4n) is 2.16. The van der Waals surface area contributed by atoms with Crippen LogP contribution in [0.2, 0.25) is 0 Å². The summed E-state index contributed by atoms with van der Waals surface area (Å²) in [6.07, 6.45) is 3.64. The van der Waals surface area contributed by atoms with Gasteiger partial charge in [0.1, 0.15) is 5.75 Å². The minimum absolute atomic E-state index is 0.0806. The summed E-state index contributed by atoms with van der Waals surface area (Å²) in [4.78, 5) is 12.0. The van der Waals surface area contributed by atoms with Crippen LogP contribution in [0.5, 0.6) is 5.75 Å². The number of ether oxygens (including phenoxy) is 1. The lowest BCUT2D eigenvalue weighted by atomic mass is 10.0. The van der Waals surface area contributed by atoms with E-state index in [-0.39, 0.29) is 5.91 Å². The molecular weight excluding hydrogens is 242 g/mol. The first-order valence-electron chi connectivity index (χ1n) is 6.35. The predicted octanol–water partition coefficient (Wildman–Crippen LogP) is 1.66. The highest BCUT2D eigenvalue weighted by Gasteiger charge is 2.13. The van der Waals surface area contributed by atoms with Crippen LogP contribution in [0.25, 0.3) is 0 Å². The number of rotatable bonds is 3. The molecule has 0 saturated carbocycles. The van der Waals surface area contributed by atoms with E-state index in [9.17, 15) is 4.79 Å². The number of hydrogen-bond donors (Lipinski definition) is 2. The van der Waals surface area contributed by atoms with Gasteiger partial charge in [-0.2, -0.15) is 5.10 Å². The SMILES string of the molecule is O=C(NCc1ccn[nH]1)c1ccc2c(c1)CCCO2. The number of carbonyl (C=O) groups is 1. The lowest BCUT2D eigenvalue weighted by Gasteiger charge is -2.17. The molecule has 0 unspecified atom stereocenters. The van der Waals surface area contributed by atoms with Crippen LogP contribution in [0, 0.1) is 0 Å². The number of benzene rings is 1. The molecule has 0 atom stereocenters. The number of H-pyrrole nitrogens is 1. The predicted molar refractivity (Wildman–Crippen MR) is 70.0 cm³/mol. The molecule has 1 aromatic heterocycles. The molecule has 2 N–H and O–H groups in total. The van der Waals surface area contributed by atoms with Crippen LogP contribution >= 0.6 is 0 Å². The van der Waals surface area contributed by atoms with Crippen molar-refractivity contribution in [3.8, 4) is 5.75 Å². The standard InChI is InChI=1S/C14H15N3O2/c18-14(15-9-12-5-6-16-17-12)11-3-4-13-10(8-11)2-1-7-19-13/h3-6,8H,1-2,7,9H2,(H,15,18)(H,16,17). The Balaban J connectivity index is 1.69. The molecule has 0 fully saturated rings. The Labute approximate surface area is 111 Å². The Morgan fingerprint density at radius 1 is 1.42 bits per heavy atom. The average molecular weight is 257 g/mol. The van der Waals surface area contributed by atoms with Crippen molar-refractivity contribution in [3.63, 3.8) is 0 Å². The lowest BCUT2D eigenvalue weighted by molar-refractivity contribution is 0.0950. The highest BCUT2D eigenvalue weighted by atomic mass is 16.5. The van der Waals surface area contributed by atoms with Crippen molar-refractivity contribution >= 4 is 5.91 Å². The second-order valence-electron chi connectivity index (χ2n) is 4.54. The number of carbonyl (C=O) groups excluding carboxylic acids is 1. The fourth-order valence-corrected chi connectivity index (χ4v) is 2.16. The first-order valence-corrected chi connectivity index (χ1v) is 6.35. The van der Waals surface area contributed by atoms with E-state index in [0.717, 1.165) is 36.5 Å². The lowest BCUT2D eigenvalue weighted by Crippen LogP contribution is -2.23. The normalized spacial score (nSPS) is 13.5. The molecule has 1 aliphatic heterocycles. The minimum Gasteiger partial charge on any atom is -0.493 e. The number of fused-ring (bicyclic) bond motifs is 1. The molecule has 1 aliphatic rings. The summed E-state index contributed by atoms with van der Waals surface area (Å²) in [6, 6.07) is 7.42. The molecule has 5 nitrogen and oxygen atoms in total. The van der Waals surface area contributed by atoms with E-state index in [1.54, 1.807) is 12.3 Å². The summed E-state index contributed by atoms with van der Waals surface area (Å²) < 4.78 is 5.53. The Hall–Kier alpha value is -2.30. The van der Waals surface area contributed by atoms with Gasteiger partial charge in [-0.15, -0.1) is 0 Å². The molecule has 5 heteroatoms. The molecule has 19 heavy (non-hydrogen) atoms. The van der Waals surface area contributed by atoms with Crippen LogP contribution in [0.1, 0.15) is 28.0 Å². The average Bonchev–Trinajstić information content (AvgIpc) is 2.97. The molecule has 0 aliphatic carbocycles. The number of aromatic nitrogens is 2. The van der Waals surface area contributed by atoms with Gasteiger partial charge in [-0.3, -0.25) is 9.89 Å². The molecular formula is C14H15N3O2. The van der Waals surface area contributed by atoms with Crippen molar-refractivity contribution in [2.24, 2.45) is 0 Å². The molecule has 3 rings (SSSR count). The Morgan fingerprint density at radius 2 is 2.37 bits per heavy atom. The minimum atomic E-state index is -0.0806. The maximum atomic E-state index is 12.0. The van der Waals surface area contributed by atoms with Gasteiger partial charge in [-0.1, -0.05) is 0 Å². The van der Waals surface area contributed by atoms with E-state index in [1.165, 1.54) is 0 Å². The fraction of sp³-hybridized carbons (Fsp3) is 0.286. The van der Waals surface area contributed by atoms with Crippen molar-refractivity contribution in [1.82, 2.24) is 15.5 Å². The molecule has 98 valence electrons. The first-order chi connectivity index (χ1) is 9.33. The molecule has 0 saturated heterocycles. The summed E-state index contributed by atoms with van der Waals surface area (Å²) >= 11 is 0. The van der Waals surface area contributed by atoms with Crippen LogP contribution in [0.3, 0.4) is 0 Å². The van der Waals surface area contributed by atoms with Crippen LogP contribution in [0.4, 0.5) is 0 Å². The zero-order valence-electron chi connectivity index (χ0n) is 10.5. The zero-order chi connectivity index (χ0) is 13.1. The largest absolute Gasteiger partial charge is 0.493 e. The Bertz CT molecular complexity index is 578. The number of nitrogens with zero attached hydrogens (tertiary/aromatic N) is 1. The third-order valence-electron chi connectivity index (χ3n) is 3.17. The second kappa shape index (κ2) is 5.14. The van der Waals surface area contributed by atoms with Crippen LogP contribution < -0.4 is 10.1 Å². The van der Waals surface area contributed by atoms with Crippen LogP contribution in [-0.2, 0) is 13.0 Å². The van der Waals surface area contributed by atoms with Crippen molar-refractivity contribution in [2.75, 3.05) is 6.61 Å². The topological polar surface area (TPSA) is 67.0 Å². The second-order valence-corrected chi connectivity index (χ2v) is 4.54. The van der Waals surface area contributed by atoms with Gasteiger partial charge in [0, 0.05) is 11.8 Å². The van der Waals surface area contributed by atoms with E-state index in [2.05, 4.69) is 15.5 Å². The molecule has 0 spiro atoms. The number of hydrogen-bond acceptors (Lipinski definition) is 3. The van der Waals surface area contributed by atoms with Gasteiger partial charge in [0.25, 0.3) is 5.91 Å². The number of amides is 1. The summed E-state index contributed by atoms with van der Waals surface area (Å²) in [5, 5.41) is 9.50. The van der Waals surface area contributed by atoms with Gasteiger partial charge >= 0.3 is 0 Å². The molecule has 0 bridgehead atoms. The van der Waals surface area contributed by atoms with Crippen LogP contribution in [-0.4, -0.2) is 22.7 Å². The van der Waals surface area contributed by atoms with Gasteiger partial charge in [0.15, 0.2) is 0 Å². The Kier molecular flexibility index (Phi) is 3.18. The van der Waals surface area contributed by atoms with E-state index < -0.39 is 0 Å². The van der Waals surface area contributed by atoms with Crippen molar-refractivity contribution in [2.45, 2.75) is 19.4 Å². The Morgan fingerprint density at radius 3 is 3.21 bits per heavy atom. The molecule has 1 aromatic carbocycles. The quantitative estimate of drug-likeness (QED) is 0.878. The summed E-state index contributed by atoms with van der Waals surface area (Å²) in [6.45, 7) is 1.21. The van der Waals surface area contributed by atoms with Gasteiger partial charge < -0.3 is 10.1 Å². The number of aryl methyl sites for hydroxylation is 1. The highest BCUT2D eigenvalue weighted by Crippen LogP contribution is 2.25. The van der Waals surface area contributed by atoms with Gasteiger partial charge in [0.2, 0.25) is 0 Å². The van der Waals surface area contributed by atoms with E-state index in [4.69, 9.17) is 4.74 Å². The maximum Gasteiger partial charge on any atom is 0.251 e. The highest BCUT2D eigenvalue weighted by molar-refractivity contribution is 5.94. The molecule has 2 heterocycles. The molecule has 2 aromatic rings. The smallest absolute Gasteiger partial charge is 0.251 e. The summed E-state index contributed by atoms with van der Waals surface area (Å²) in [5.74, 6) is 0.819. The monoisotopic (exact) mass is 257 g/mol. The number of aromatic amines is 1. The zero-order valence-corrected chi connectivity index (χ0v) is 10.5. The first kappa shape index (κ1) is 11.8. The summed E-state index contributed by atoms with van der Waals surface area (Å²) in [5.41, 5.74) is 2.67. The van der Waals surface area contributed by atoms with Crippen LogP contribution in [0.15, 0.2) is 30.5 Å².